The highest BCUT2D eigenvalue weighted by Gasteiger charge is 2.31. The van der Waals surface area contributed by atoms with Crippen molar-refractivity contribution in [1.82, 2.24) is 10.2 Å². The van der Waals surface area contributed by atoms with Gasteiger partial charge in [-0.3, -0.25) is 9.69 Å². The lowest BCUT2D eigenvalue weighted by atomic mass is 9.90. The minimum Gasteiger partial charge on any atom is -0.352 e. The number of hydrogen-bond donors (Lipinski definition) is 1. The fraction of sp³-hybridized carbons (Fsp3) is 0.625. The number of hydrogen-bond acceptors (Lipinski definition) is 4. The van der Waals surface area contributed by atoms with Gasteiger partial charge in [0.2, 0.25) is 5.91 Å². The summed E-state index contributed by atoms with van der Waals surface area (Å²) in [6.07, 6.45) is 0.949. The van der Waals surface area contributed by atoms with Gasteiger partial charge in [-0.15, -0.1) is 11.3 Å². The quantitative estimate of drug-likeness (QED) is 0.873. The molecule has 1 aromatic heterocycles. The van der Waals surface area contributed by atoms with Crippen LogP contribution in [0.1, 0.15) is 38.0 Å². The lowest BCUT2D eigenvalue weighted by molar-refractivity contribution is -0.129. The molecule has 0 saturated carbocycles. The smallest absolute Gasteiger partial charge is 0.225 e. The van der Waals surface area contributed by atoms with Crippen LogP contribution in [0.15, 0.2) is 17.5 Å². The summed E-state index contributed by atoms with van der Waals surface area (Å²) in [6.45, 7) is 7.86. The van der Waals surface area contributed by atoms with E-state index in [0.29, 0.717) is 12.5 Å². The van der Waals surface area contributed by atoms with Crippen LogP contribution >= 0.6 is 11.3 Å². The first-order chi connectivity index (χ1) is 9.90. The van der Waals surface area contributed by atoms with Gasteiger partial charge in [0.1, 0.15) is 0 Å². The number of likely N-dealkylation sites (tertiary alicyclic amines) is 1. The monoisotopic (exact) mass is 305 g/mol. The number of nitrogens with one attached hydrogen (secondary N) is 1. The minimum absolute atomic E-state index is 0.0798. The van der Waals surface area contributed by atoms with Crippen molar-refractivity contribution in [1.29, 1.82) is 5.26 Å². The summed E-state index contributed by atoms with van der Waals surface area (Å²) < 4.78 is 0. The molecule has 1 amide bonds. The average Bonchev–Trinajstić information content (AvgIpc) is 2.91. The lowest BCUT2D eigenvalue weighted by Gasteiger charge is -2.37. The Kier molecular flexibility index (Phi) is 5.02. The fourth-order valence-corrected chi connectivity index (χ4v) is 3.49. The highest BCUT2D eigenvalue weighted by molar-refractivity contribution is 7.10. The molecule has 1 saturated heterocycles. The van der Waals surface area contributed by atoms with Crippen LogP contribution in [0.3, 0.4) is 0 Å². The molecule has 0 aliphatic carbocycles. The maximum atomic E-state index is 12.2. The summed E-state index contributed by atoms with van der Waals surface area (Å²) in [6, 6.07) is 6.55. The van der Waals surface area contributed by atoms with Crippen molar-refractivity contribution in [3.63, 3.8) is 0 Å². The van der Waals surface area contributed by atoms with Gasteiger partial charge < -0.3 is 5.32 Å². The molecule has 0 radical (unpaired) electrons. The lowest BCUT2D eigenvalue weighted by Crippen LogP contribution is -2.52. The van der Waals surface area contributed by atoms with Crippen molar-refractivity contribution < 1.29 is 4.79 Å². The maximum Gasteiger partial charge on any atom is 0.225 e. The summed E-state index contributed by atoms with van der Waals surface area (Å²) in [5.74, 6) is 0.480. The number of carbonyl (C=O) groups excluding carboxylic acids is 1. The fourth-order valence-electron chi connectivity index (χ4n) is 2.66. The third kappa shape index (κ3) is 4.29. The van der Waals surface area contributed by atoms with Crippen LogP contribution in [-0.4, -0.2) is 36.5 Å². The molecule has 0 bridgehead atoms. The molecular weight excluding hydrogens is 282 g/mol. The molecule has 1 aliphatic heterocycles. The molecule has 1 aromatic rings. The molecule has 4 nitrogen and oxygen atoms in total. The van der Waals surface area contributed by atoms with Gasteiger partial charge >= 0.3 is 0 Å². The van der Waals surface area contributed by atoms with E-state index in [1.807, 2.05) is 20.8 Å². The van der Waals surface area contributed by atoms with Crippen LogP contribution < -0.4 is 5.32 Å². The summed E-state index contributed by atoms with van der Waals surface area (Å²) in [4.78, 5) is 15.7. The first-order valence-corrected chi connectivity index (χ1v) is 8.22. The number of nitrogens with zero attached hydrogens (tertiary/aromatic N) is 2. The van der Waals surface area contributed by atoms with Crippen molar-refractivity contribution in [3.05, 3.63) is 22.4 Å². The van der Waals surface area contributed by atoms with E-state index in [0.717, 1.165) is 19.5 Å². The SMILES string of the molecule is CC(C)(C)C(=O)NC1CC(c2cccs2)CN(CC#N)C1. The summed E-state index contributed by atoms with van der Waals surface area (Å²) >= 11 is 1.75. The predicted molar refractivity (Wildman–Crippen MR) is 85.1 cm³/mol. The van der Waals surface area contributed by atoms with E-state index in [-0.39, 0.29) is 17.4 Å². The summed E-state index contributed by atoms with van der Waals surface area (Å²) in [7, 11) is 0. The molecule has 2 heterocycles. The third-order valence-electron chi connectivity index (χ3n) is 3.78. The summed E-state index contributed by atoms with van der Waals surface area (Å²) in [5.41, 5.74) is -0.379. The summed E-state index contributed by atoms with van der Waals surface area (Å²) in [5, 5.41) is 14.2. The Morgan fingerprint density at radius 3 is 2.86 bits per heavy atom. The van der Waals surface area contributed by atoms with Crippen molar-refractivity contribution in [2.75, 3.05) is 19.6 Å². The molecule has 0 aromatic carbocycles. The zero-order valence-electron chi connectivity index (χ0n) is 12.9. The van der Waals surface area contributed by atoms with Crippen LogP contribution in [0, 0.1) is 16.7 Å². The Balaban J connectivity index is 2.07. The molecular formula is C16H23N3OS. The van der Waals surface area contributed by atoms with E-state index in [1.54, 1.807) is 11.3 Å². The van der Waals surface area contributed by atoms with Crippen LogP contribution in [0.2, 0.25) is 0 Å². The van der Waals surface area contributed by atoms with Gasteiger partial charge in [-0.1, -0.05) is 26.8 Å². The number of thiophene rings is 1. The van der Waals surface area contributed by atoms with Crippen molar-refractivity contribution >= 4 is 17.2 Å². The highest BCUT2D eigenvalue weighted by Crippen LogP contribution is 2.30. The Hall–Kier alpha value is -1.38. The number of rotatable bonds is 3. The van der Waals surface area contributed by atoms with E-state index in [1.165, 1.54) is 4.88 Å². The molecule has 2 unspecified atom stereocenters. The highest BCUT2D eigenvalue weighted by atomic mass is 32.1. The minimum atomic E-state index is -0.379. The average molecular weight is 305 g/mol. The first kappa shape index (κ1) is 16.0. The maximum absolute atomic E-state index is 12.2. The largest absolute Gasteiger partial charge is 0.352 e. The van der Waals surface area contributed by atoms with Gasteiger partial charge in [-0.2, -0.15) is 5.26 Å². The molecule has 21 heavy (non-hydrogen) atoms. The molecule has 114 valence electrons. The van der Waals surface area contributed by atoms with Crippen LogP contribution in [0.4, 0.5) is 0 Å². The van der Waals surface area contributed by atoms with Crippen LogP contribution in [-0.2, 0) is 4.79 Å². The standard InChI is InChI=1S/C16H23N3OS/c1-16(2,3)15(20)18-13-9-12(14-5-4-8-21-14)10-19(11-13)7-6-17/h4-5,8,12-13H,7,9-11H2,1-3H3,(H,18,20). The van der Waals surface area contributed by atoms with Crippen molar-refractivity contribution in [2.24, 2.45) is 5.41 Å². The number of piperidine rings is 1. The number of carbonyl (C=O) groups is 1. The van der Waals surface area contributed by atoms with E-state index >= 15 is 0 Å². The number of nitriles is 1. The van der Waals surface area contributed by atoms with Crippen LogP contribution in [0.25, 0.3) is 0 Å². The second kappa shape index (κ2) is 6.59. The van der Waals surface area contributed by atoms with Crippen molar-refractivity contribution in [2.45, 2.75) is 39.2 Å². The molecule has 2 rings (SSSR count). The molecule has 5 heteroatoms. The second-order valence-corrected chi connectivity index (χ2v) is 7.70. The zero-order chi connectivity index (χ0) is 15.5. The van der Waals surface area contributed by atoms with Crippen molar-refractivity contribution in [3.8, 4) is 6.07 Å². The zero-order valence-corrected chi connectivity index (χ0v) is 13.7. The molecule has 1 N–H and O–H groups in total. The Morgan fingerprint density at radius 2 is 2.29 bits per heavy atom. The van der Waals surface area contributed by atoms with E-state index in [9.17, 15) is 4.79 Å². The van der Waals surface area contributed by atoms with E-state index < -0.39 is 0 Å². The Bertz CT molecular complexity index is 513. The third-order valence-corrected chi connectivity index (χ3v) is 4.82. The predicted octanol–water partition coefficient (Wildman–Crippen LogP) is 2.59. The Labute approximate surface area is 130 Å². The van der Waals surface area contributed by atoms with E-state index in [4.69, 9.17) is 5.26 Å². The first-order valence-electron chi connectivity index (χ1n) is 7.34. The van der Waals surface area contributed by atoms with Gasteiger partial charge in [0.25, 0.3) is 0 Å². The molecule has 1 fully saturated rings. The van der Waals surface area contributed by atoms with Gasteiger partial charge in [0, 0.05) is 35.3 Å². The number of amides is 1. The van der Waals surface area contributed by atoms with Gasteiger partial charge in [0.15, 0.2) is 0 Å². The van der Waals surface area contributed by atoms with Gasteiger partial charge in [-0.05, 0) is 17.9 Å². The van der Waals surface area contributed by atoms with E-state index in [2.05, 4.69) is 33.8 Å². The van der Waals surface area contributed by atoms with Gasteiger partial charge in [0.05, 0.1) is 12.6 Å². The Morgan fingerprint density at radius 1 is 1.52 bits per heavy atom. The molecule has 0 spiro atoms. The molecule has 1 aliphatic rings. The molecule has 2 atom stereocenters. The topological polar surface area (TPSA) is 56.1 Å². The normalized spacial score (nSPS) is 23.5. The van der Waals surface area contributed by atoms with Crippen LogP contribution in [0.5, 0.6) is 0 Å². The second-order valence-electron chi connectivity index (χ2n) is 6.72. The van der Waals surface area contributed by atoms with Gasteiger partial charge in [-0.25, -0.2) is 0 Å².